The summed E-state index contributed by atoms with van der Waals surface area (Å²) < 4.78 is 33.0. The Balaban J connectivity index is 2.03. The van der Waals surface area contributed by atoms with Gasteiger partial charge in [0.1, 0.15) is 17.3 Å². The summed E-state index contributed by atoms with van der Waals surface area (Å²) in [7, 11) is 0. The molecular formula is C16H19F2NO4. The minimum atomic E-state index is -1.37. The summed E-state index contributed by atoms with van der Waals surface area (Å²) in [6, 6.07) is 1.65. The number of nitrogens with zero attached hydrogens (tertiary/aromatic N) is 1. The Labute approximate surface area is 132 Å². The van der Waals surface area contributed by atoms with Crippen LogP contribution in [0.25, 0.3) is 0 Å². The number of rotatable bonds is 5. The second-order valence-electron chi connectivity index (χ2n) is 5.53. The van der Waals surface area contributed by atoms with E-state index >= 15 is 0 Å². The van der Waals surface area contributed by atoms with E-state index in [1.54, 1.807) is 11.8 Å². The number of carbonyl (C=O) groups excluding carboxylic acids is 1. The maximum atomic E-state index is 14.0. The first-order valence-electron chi connectivity index (χ1n) is 7.55. The van der Waals surface area contributed by atoms with Gasteiger partial charge >= 0.3 is 11.9 Å². The van der Waals surface area contributed by atoms with Crippen molar-refractivity contribution in [3.8, 4) is 0 Å². The minimum Gasteiger partial charge on any atom is -0.478 e. The molecule has 0 amide bonds. The number of carboxylic acid groups (broad SMARTS) is 1. The number of piperidine rings is 1. The van der Waals surface area contributed by atoms with Gasteiger partial charge in [-0.05, 0) is 37.8 Å². The zero-order valence-electron chi connectivity index (χ0n) is 12.8. The van der Waals surface area contributed by atoms with Gasteiger partial charge in [-0.1, -0.05) is 0 Å². The van der Waals surface area contributed by atoms with Gasteiger partial charge in [0.2, 0.25) is 0 Å². The molecule has 1 fully saturated rings. The average molecular weight is 327 g/mol. The number of hydrogen-bond acceptors (Lipinski definition) is 4. The predicted molar refractivity (Wildman–Crippen MR) is 79.5 cm³/mol. The molecule has 5 nitrogen and oxygen atoms in total. The van der Waals surface area contributed by atoms with Crippen LogP contribution >= 0.6 is 0 Å². The number of benzene rings is 1. The quantitative estimate of drug-likeness (QED) is 0.842. The number of anilines is 1. The smallest absolute Gasteiger partial charge is 0.335 e. The SMILES string of the molecule is CCOC(=O)CC1CCN(c2c(F)cc(C(=O)O)cc2F)CC1. The van der Waals surface area contributed by atoms with Crippen LogP contribution < -0.4 is 4.90 Å². The Bertz CT molecular complexity index is 575. The monoisotopic (exact) mass is 327 g/mol. The number of ether oxygens (including phenoxy) is 1. The van der Waals surface area contributed by atoms with Crippen LogP contribution in [-0.2, 0) is 9.53 Å². The van der Waals surface area contributed by atoms with Crippen molar-refractivity contribution in [2.45, 2.75) is 26.2 Å². The maximum Gasteiger partial charge on any atom is 0.335 e. The summed E-state index contributed by atoms with van der Waals surface area (Å²) >= 11 is 0. The fourth-order valence-electron chi connectivity index (χ4n) is 2.81. The molecule has 1 N–H and O–H groups in total. The van der Waals surface area contributed by atoms with E-state index in [9.17, 15) is 18.4 Å². The van der Waals surface area contributed by atoms with Crippen molar-refractivity contribution in [1.29, 1.82) is 0 Å². The molecule has 0 spiro atoms. The van der Waals surface area contributed by atoms with Gasteiger partial charge in [0.15, 0.2) is 0 Å². The van der Waals surface area contributed by atoms with Gasteiger partial charge < -0.3 is 14.7 Å². The average Bonchev–Trinajstić information content (AvgIpc) is 2.48. The van der Waals surface area contributed by atoms with Gasteiger partial charge in [-0.15, -0.1) is 0 Å². The zero-order valence-corrected chi connectivity index (χ0v) is 12.8. The third kappa shape index (κ3) is 4.18. The van der Waals surface area contributed by atoms with Crippen molar-refractivity contribution in [2.24, 2.45) is 5.92 Å². The van der Waals surface area contributed by atoms with Gasteiger partial charge in [0.05, 0.1) is 12.2 Å². The molecule has 0 radical (unpaired) electrons. The Morgan fingerprint density at radius 1 is 1.26 bits per heavy atom. The molecular weight excluding hydrogens is 308 g/mol. The van der Waals surface area contributed by atoms with Crippen LogP contribution in [0.3, 0.4) is 0 Å². The van der Waals surface area contributed by atoms with Gasteiger partial charge in [-0.25, -0.2) is 13.6 Å². The highest BCUT2D eigenvalue weighted by Gasteiger charge is 2.26. The second kappa shape index (κ2) is 7.39. The largest absolute Gasteiger partial charge is 0.478 e. The van der Waals surface area contributed by atoms with Crippen molar-refractivity contribution < 1.29 is 28.2 Å². The van der Waals surface area contributed by atoms with Crippen LogP contribution in [0.4, 0.5) is 14.5 Å². The molecule has 2 rings (SSSR count). The lowest BCUT2D eigenvalue weighted by Crippen LogP contribution is -2.35. The molecule has 0 saturated carbocycles. The van der Waals surface area contributed by atoms with Crippen molar-refractivity contribution in [2.75, 3.05) is 24.6 Å². The number of esters is 1. The number of carbonyl (C=O) groups is 2. The number of halogens is 2. The second-order valence-corrected chi connectivity index (χ2v) is 5.53. The van der Waals surface area contributed by atoms with E-state index in [4.69, 9.17) is 9.84 Å². The van der Waals surface area contributed by atoms with Crippen LogP contribution in [0.15, 0.2) is 12.1 Å². The third-order valence-corrected chi connectivity index (χ3v) is 3.96. The third-order valence-electron chi connectivity index (χ3n) is 3.96. The first kappa shape index (κ1) is 17.2. The summed E-state index contributed by atoms with van der Waals surface area (Å²) in [6.45, 7) is 2.89. The lowest BCUT2D eigenvalue weighted by molar-refractivity contribution is -0.144. The molecule has 0 aromatic heterocycles. The maximum absolute atomic E-state index is 14.0. The van der Waals surface area contributed by atoms with Gasteiger partial charge in [-0.3, -0.25) is 4.79 Å². The van der Waals surface area contributed by atoms with Crippen molar-refractivity contribution in [3.63, 3.8) is 0 Å². The topological polar surface area (TPSA) is 66.8 Å². The summed E-state index contributed by atoms with van der Waals surface area (Å²) in [5.41, 5.74) is -0.620. The lowest BCUT2D eigenvalue weighted by Gasteiger charge is -2.33. The van der Waals surface area contributed by atoms with Crippen molar-refractivity contribution in [3.05, 3.63) is 29.3 Å². The molecule has 1 aliphatic heterocycles. The van der Waals surface area contributed by atoms with E-state index in [2.05, 4.69) is 0 Å². The standard InChI is InChI=1S/C16H19F2NO4/c1-2-23-14(20)7-10-3-5-19(6-4-10)15-12(17)8-11(16(21)22)9-13(15)18/h8-10H,2-7H2,1H3,(H,21,22). The molecule has 23 heavy (non-hydrogen) atoms. The van der Waals surface area contributed by atoms with Crippen molar-refractivity contribution >= 4 is 17.6 Å². The van der Waals surface area contributed by atoms with Crippen LogP contribution in [0, 0.1) is 17.6 Å². The zero-order chi connectivity index (χ0) is 17.0. The number of hydrogen-bond donors (Lipinski definition) is 1. The summed E-state index contributed by atoms with van der Waals surface area (Å²) in [6.07, 6.45) is 1.56. The van der Waals surface area contributed by atoms with E-state index in [1.807, 2.05) is 0 Å². The van der Waals surface area contributed by atoms with Gasteiger partial charge in [0, 0.05) is 19.5 Å². The Morgan fingerprint density at radius 2 is 1.83 bits per heavy atom. The fraction of sp³-hybridized carbons (Fsp3) is 0.500. The Kier molecular flexibility index (Phi) is 5.52. The normalized spacial score (nSPS) is 15.5. The molecule has 1 heterocycles. The number of aromatic carboxylic acids is 1. The van der Waals surface area contributed by atoms with E-state index < -0.39 is 23.2 Å². The highest BCUT2D eigenvalue weighted by Crippen LogP contribution is 2.30. The van der Waals surface area contributed by atoms with E-state index in [1.165, 1.54) is 0 Å². The molecule has 1 aliphatic rings. The molecule has 1 aromatic rings. The minimum absolute atomic E-state index is 0.134. The molecule has 1 aromatic carbocycles. The lowest BCUT2D eigenvalue weighted by atomic mass is 9.93. The predicted octanol–water partition coefficient (Wildman–Crippen LogP) is 2.83. The first-order chi connectivity index (χ1) is 10.9. The summed E-state index contributed by atoms with van der Waals surface area (Å²) in [5, 5.41) is 8.81. The van der Waals surface area contributed by atoms with E-state index in [0.29, 0.717) is 39.0 Å². The summed E-state index contributed by atoms with van der Waals surface area (Å²) in [4.78, 5) is 23.8. The van der Waals surface area contributed by atoms with Crippen LogP contribution in [0.2, 0.25) is 0 Å². The number of carboxylic acids is 1. The summed E-state index contributed by atoms with van der Waals surface area (Å²) in [5.74, 6) is -3.26. The molecule has 1 saturated heterocycles. The molecule has 0 bridgehead atoms. The molecule has 0 atom stereocenters. The van der Waals surface area contributed by atoms with E-state index in [-0.39, 0.29) is 17.6 Å². The molecule has 0 unspecified atom stereocenters. The fourth-order valence-corrected chi connectivity index (χ4v) is 2.81. The van der Waals surface area contributed by atoms with Gasteiger partial charge in [-0.2, -0.15) is 0 Å². The van der Waals surface area contributed by atoms with Crippen LogP contribution in [-0.4, -0.2) is 36.7 Å². The van der Waals surface area contributed by atoms with Crippen molar-refractivity contribution in [1.82, 2.24) is 0 Å². The van der Waals surface area contributed by atoms with E-state index in [0.717, 1.165) is 12.1 Å². The molecule has 126 valence electrons. The van der Waals surface area contributed by atoms with Crippen LogP contribution in [0.1, 0.15) is 36.5 Å². The highest BCUT2D eigenvalue weighted by molar-refractivity contribution is 5.88. The van der Waals surface area contributed by atoms with Gasteiger partial charge in [0.25, 0.3) is 0 Å². The molecule has 7 heteroatoms. The Hall–Kier alpha value is -2.18. The first-order valence-corrected chi connectivity index (χ1v) is 7.55. The molecule has 0 aliphatic carbocycles. The highest BCUT2D eigenvalue weighted by atomic mass is 19.1. The Morgan fingerprint density at radius 3 is 2.30 bits per heavy atom. The van der Waals surface area contributed by atoms with Crippen LogP contribution in [0.5, 0.6) is 0 Å².